The van der Waals surface area contributed by atoms with Gasteiger partial charge < -0.3 is 20.3 Å². The van der Waals surface area contributed by atoms with Crippen LogP contribution in [0.5, 0.6) is 0 Å². The number of alkyl carbamates (subject to hydrolysis) is 1. The molecule has 1 saturated heterocycles. The van der Waals surface area contributed by atoms with Crippen LogP contribution in [-0.4, -0.2) is 54.5 Å². The number of hydrogen-bond donors (Lipinski definition) is 2. The molecule has 9 heteroatoms. The molecule has 134 valence electrons. The number of carbonyl (C=O) groups is 2. The predicted octanol–water partition coefficient (Wildman–Crippen LogP) is 2.49. The zero-order valence-electron chi connectivity index (χ0n) is 13.8. The van der Waals surface area contributed by atoms with E-state index in [1.165, 1.54) is 4.90 Å². The minimum Gasteiger partial charge on any atom is -0.444 e. The van der Waals surface area contributed by atoms with Gasteiger partial charge in [0.1, 0.15) is 12.6 Å². The van der Waals surface area contributed by atoms with E-state index in [1.807, 2.05) is 12.2 Å². The summed E-state index contributed by atoms with van der Waals surface area (Å²) in [4.78, 5) is 24.8. The molecule has 0 aromatic rings. The van der Waals surface area contributed by atoms with Gasteiger partial charge in [0, 0.05) is 18.0 Å². The molecular weight excluding hydrogens is 315 g/mol. The third-order valence-electron chi connectivity index (χ3n) is 3.37. The van der Waals surface area contributed by atoms with Crippen molar-refractivity contribution in [3.63, 3.8) is 0 Å². The Morgan fingerprint density at radius 3 is 2.30 bits per heavy atom. The van der Waals surface area contributed by atoms with E-state index in [9.17, 15) is 22.8 Å². The second-order valence-electron chi connectivity index (χ2n) is 6.67. The molecule has 0 aromatic heterocycles. The number of nitrogens with one attached hydrogen (secondary N) is 2. The highest BCUT2D eigenvalue weighted by Gasteiger charge is 2.38. The number of amides is 3. The van der Waals surface area contributed by atoms with Gasteiger partial charge in [-0.2, -0.15) is 13.2 Å². The number of carbonyl (C=O) groups excluding carboxylic acids is 2. The lowest BCUT2D eigenvalue weighted by Crippen LogP contribution is -2.44. The molecule has 0 bridgehead atoms. The average Bonchev–Trinajstić information content (AvgIpc) is 2.75. The lowest BCUT2D eigenvalue weighted by molar-refractivity contribution is -0.123. The Balaban J connectivity index is 2.56. The zero-order chi connectivity index (χ0) is 17.8. The van der Waals surface area contributed by atoms with Gasteiger partial charge in [0.05, 0.1) is 6.54 Å². The van der Waals surface area contributed by atoms with Crippen LogP contribution in [0.15, 0.2) is 0 Å². The van der Waals surface area contributed by atoms with Crippen molar-refractivity contribution in [3.8, 4) is 0 Å². The van der Waals surface area contributed by atoms with Crippen molar-refractivity contribution in [3.05, 3.63) is 0 Å². The summed E-state index contributed by atoms with van der Waals surface area (Å²) in [6.07, 6.45) is -4.93. The third-order valence-corrected chi connectivity index (χ3v) is 3.37. The molecule has 2 atom stereocenters. The van der Waals surface area contributed by atoms with Crippen molar-refractivity contribution in [1.82, 2.24) is 15.5 Å². The standard InChI is InChI=1S/C14H24F3N3O3/c1-5-9-6-20(11(21)18-8-14(15,16)17)7-10(9)23-12(22)19-13(2,3)4/h9-10H,5-8H2,1-4H3,(H,18,21)(H,19,22)/t9-,10+/m0/s1. The van der Waals surface area contributed by atoms with Crippen LogP contribution in [0.25, 0.3) is 0 Å². The maximum Gasteiger partial charge on any atom is 0.407 e. The first kappa shape index (κ1) is 19.4. The summed E-state index contributed by atoms with van der Waals surface area (Å²) in [5.74, 6) is -0.0997. The summed E-state index contributed by atoms with van der Waals surface area (Å²) in [5, 5.41) is 4.48. The van der Waals surface area contributed by atoms with Crippen LogP contribution in [0.1, 0.15) is 34.1 Å². The number of halogens is 3. The highest BCUT2D eigenvalue weighted by atomic mass is 19.4. The van der Waals surface area contributed by atoms with Gasteiger partial charge in [-0.1, -0.05) is 6.92 Å². The van der Waals surface area contributed by atoms with E-state index in [2.05, 4.69) is 5.32 Å². The largest absolute Gasteiger partial charge is 0.444 e. The van der Waals surface area contributed by atoms with Gasteiger partial charge in [0.2, 0.25) is 0 Å². The zero-order valence-corrected chi connectivity index (χ0v) is 13.8. The molecular formula is C14H24F3N3O3. The SMILES string of the molecule is CC[C@H]1CN(C(=O)NCC(F)(F)F)C[C@H]1OC(=O)NC(C)(C)C. The van der Waals surface area contributed by atoms with E-state index in [0.29, 0.717) is 6.42 Å². The van der Waals surface area contributed by atoms with Crippen LogP contribution in [-0.2, 0) is 4.74 Å². The Morgan fingerprint density at radius 2 is 1.83 bits per heavy atom. The quantitative estimate of drug-likeness (QED) is 0.830. The van der Waals surface area contributed by atoms with Crippen LogP contribution in [0.3, 0.4) is 0 Å². The minimum atomic E-state index is -4.46. The minimum absolute atomic E-state index is 0.0831. The maximum atomic E-state index is 12.1. The van der Waals surface area contributed by atoms with Crippen LogP contribution < -0.4 is 10.6 Å². The molecule has 2 N–H and O–H groups in total. The fourth-order valence-electron chi connectivity index (χ4n) is 2.29. The molecule has 1 aliphatic rings. The van der Waals surface area contributed by atoms with Gasteiger partial charge in [0.25, 0.3) is 0 Å². The van der Waals surface area contributed by atoms with Crippen molar-refractivity contribution in [2.75, 3.05) is 19.6 Å². The Labute approximate surface area is 133 Å². The first-order valence-electron chi connectivity index (χ1n) is 7.49. The molecule has 0 unspecified atom stereocenters. The molecule has 0 spiro atoms. The van der Waals surface area contributed by atoms with E-state index < -0.39 is 36.5 Å². The number of ether oxygens (including phenoxy) is 1. The molecule has 23 heavy (non-hydrogen) atoms. The number of hydrogen-bond acceptors (Lipinski definition) is 3. The van der Waals surface area contributed by atoms with E-state index in [0.717, 1.165) is 0 Å². The summed E-state index contributed by atoms with van der Waals surface area (Å²) >= 11 is 0. The summed E-state index contributed by atoms with van der Waals surface area (Å²) in [6.45, 7) is 6.24. The number of rotatable bonds is 3. The van der Waals surface area contributed by atoms with Gasteiger partial charge in [-0.05, 0) is 27.2 Å². The summed E-state index contributed by atoms with van der Waals surface area (Å²) < 4.78 is 41.7. The third kappa shape index (κ3) is 6.96. The second kappa shape index (κ2) is 7.27. The van der Waals surface area contributed by atoms with Crippen molar-refractivity contribution in [2.24, 2.45) is 5.92 Å². The molecule has 1 aliphatic heterocycles. The van der Waals surface area contributed by atoms with Gasteiger partial charge in [0.15, 0.2) is 0 Å². The van der Waals surface area contributed by atoms with E-state index in [1.54, 1.807) is 20.8 Å². The second-order valence-corrected chi connectivity index (χ2v) is 6.67. The van der Waals surface area contributed by atoms with Crippen molar-refractivity contribution < 1.29 is 27.5 Å². The highest BCUT2D eigenvalue weighted by Crippen LogP contribution is 2.23. The molecule has 0 saturated carbocycles. The number of likely N-dealkylation sites (tertiary alicyclic amines) is 1. The fraction of sp³-hybridized carbons (Fsp3) is 0.857. The number of nitrogens with zero attached hydrogens (tertiary/aromatic N) is 1. The summed E-state index contributed by atoms with van der Waals surface area (Å²) in [5.41, 5.74) is -0.457. The van der Waals surface area contributed by atoms with Crippen LogP contribution in [0, 0.1) is 5.92 Å². The average molecular weight is 339 g/mol. The molecule has 0 radical (unpaired) electrons. The topological polar surface area (TPSA) is 70.7 Å². The highest BCUT2D eigenvalue weighted by molar-refractivity contribution is 5.75. The molecule has 1 rings (SSSR count). The lowest BCUT2D eigenvalue weighted by atomic mass is 10.0. The summed E-state index contributed by atoms with van der Waals surface area (Å²) in [6, 6.07) is -0.803. The Kier molecular flexibility index (Phi) is 6.12. The van der Waals surface area contributed by atoms with Crippen LogP contribution in [0.2, 0.25) is 0 Å². The van der Waals surface area contributed by atoms with Crippen LogP contribution >= 0.6 is 0 Å². The van der Waals surface area contributed by atoms with Gasteiger partial charge in [-0.25, -0.2) is 9.59 Å². The van der Waals surface area contributed by atoms with Gasteiger partial charge >= 0.3 is 18.3 Å². The normalized spacial score (nSPS) is 22.0. The number of urea groups is 1. The maximum absolute atomic E-state index is 12.1. The molecule has 0 aliphatic carbocycles. The lowest BCUT2D eigenvalue weighted by Gasteiger charge is -2.23. The van der Waals surface area contributed by atoms with Gasteiger partial charge in [-0.15, -0.1) is 0 Å². The summed E-state index contributed by atoms with van der Waals surface area (Å²) in [7, 11) is 0. The Hall–Kier alpha value is -1.67. The number of alkyl halides is 3. The predicted molar refractivity (Wildman–Crippen MR) is 78.0 cm³/mol. The smallest absolute Gasteiger partial charge is 0.407 e. The van der Waals surface area contributed by atoms with E-state index >= 15 is 0 Å². The first-order valence-corrected chi connectivity index (χ1v) is 7.49. The monoisotopic (exact) mass is 339 g/mol. The first-order chi connectivity index (χ1) is 10.4. The van der Waals surface area contributed by atoms with Crippen LogP contribution in [0.4, 0.5) is 22.8 Å². The molecule has 0 aromatic carbocycles. The molecule has 6 nitrogen and oxygen atoms in total. The van der Waals surface area contributed by atoms with Crippen molar-refractivity contribution in [2.45, 2.75) is 51.9 Å². The van der Waals surface area contributed by atoms with E-state index in [-0.39, 0.29) is 19.0 Å². The van der Waals surface area contributed by atoms with Gasteiger partial charge in [-0.3, -0.25) is 0 Å². The van der Waals surface area contributed by atoms with E-state index in [4.69, 9.17) is 4.74 Å². The van der Waals surface area contributed by atoms with Crippen molar-refractivity contribution >= 4 is 12.1 Å². The molecule has 1 heterocycles. The molecule has 3 amide bonds. The Bertz CT molecular complexity index is 435. The van der Waals surface area contributed by atoms with Crippen molar-refractivity contribution in [1.29, 1.82) is 0 Å². The molecule has 1 fully saturated rings. The Morgan fingerprint density at radius 1 is 1.22 bits per heavy atom. The fourth-order valence-corrected chi connectivity index (χ4v) is 2.29.